The maximum atomic E-state index is 8.72. The molecule has 0 amide bonds. The molecule has 0 aliphatic carbocycles. The van der Waals surface area contributed by atoms with Crippen LogP contribution in [0, 0.1) is 10.8 Å². The number of nitrogens with one attached hydrogen (secondary N) is 1. The topological polar surface area (TPSA) is 42.7 Å². The molecule has 28 heavy (non-hydrogen) atoms. The van der Waals surface area contributed by atoms with Gasteiger partial charge in [-0.15, -0.1) is 6.58 Å². The Morgan fingerprint density at radius 1 is 1.25 bits per heavy atom. The maximum Gasteiger partial charge on any atom is 0.198 e. The lowest BCUT2D eigenvalue weighted by Crippen LogP contribution is -2.50. The van der Waals surface area contributed by atoms with E-state index in [4.69, 9.17) is 17.0 Å². The standard InChI is InChI=1S/C18H23ClN4.C3H6.C2H6/c1-18(2)9-6-10-22(13-18)17(20)23-12-16(19)21-11-15(23)14-7-4-3-5-8-14;1-3-2;1-2/h3-5,7-8,11,20H,6,9-10,12-13H2,1-2H3;3H,1H2,2H3;1-2H3. The highest BCUT2D eigenvalue weighted by Crippen LogP contribution is 2.31. The van der Waals surface area contributed by atoms with Crippen LogP contribution in [0.15, 0.2) is 54.2 Å². The van der Waals surface area contributed by atoms with Crippen molar-refractivity contribution in [3.8, 4) is 0 Å². The third-order valence-electron chi connectivity index (χ3n) is 4.43. The van der Waals surface area contributed by atoms with E-state index in [-0.39, 0.29) is 5.41 Å². The molecule has 2 heterocycles. The molecule has 1 aromatic carbocycles. The molecule has 0 radical (unpaired) electrons. The minimum Gasteiger partial charge on any atom is -0.342 e. The summed E-state index contributed by atoms with van der Waals surface area (Å²) >= 11 is 6.15. The van der Waals surface area contributed by atoms with Crippen molar-refractivity contribution in [3.63, 3.8) is 0 Å². The van der Waals surface area contributed by atoms with Crippen molar-refractivity contribution < 1.29 is 0 Å². The molecule has 0 unspecified atom stereocenters. The number of rotatable bonds is 1. The van der Waals surface area contributed by atoms with Crippen molar-refractivity contribution in [3.05, 3.63) is 54.8 Å². The van der Waals surface area contributed by atoms with Gasteiger partial charge >= 0.3 is 0 Å². The average Bonchev–Trinajstić information content (AvgIpc) is 2.69. The molecule has 4 nitrogen and oxygen atoms in total. The van der Waals surface area contributed by atoms with Crippen molar-refractivity contribution in [1.29, 1.82) is 5.41 Å². The number of aliphatic imine (C=N–C) groups is 1. The Morgan fingerprint density at radius 3 is 2.43 bits per heavy atom. The van der Waals surface area contributed by atoms with Gasteiger partial charge in [-0.2, -0.15) is 0 Å². The molecule has 0 atom stereocenters. The summed E-state index contributed by atoms with van der Waals surface area (Å²) < 4.78 is 0. The number of guanidine groups is 1. The second-order valence-electron chi connectivity index (χ2n) is 7.39. The van der Waals surface area contributed by atoms with E-state index in [2.05, 4.69) is 30.3 Å². The summed E-state index contributed by atoms with van der Waals surface area (Å²) in [7, 11) is 0. The van der Waals surface area contributed by atoms with Crippen molar-refractivity contribution in [1.82, 2.24) is 9.80 Å². The van der Waals surface area contributed by atoms with E-state index in [1.165, 1.54) is 6.42 Å². The molecule has 2 aliphatic heterocycles. The lowest BCUT2D eigenvalue weighted by atomic mass is 9.84. The Labute approximate surface area is 176 Å². The summed E-state index contributed by atoms with van der Waals surface area (Å²) in [4.78, 5) is 8.38. The second-order valence-corrected chi connectivity index (χ2v) is 7.83. The van der Waals surface area contributed by atoms with Gasteiger partial charge in [-0.05, 0) is 30.7 Å². The first kappa shape index (κ1) is 24.0. The zero-order valence-corrected chi connectivity index (χ0v) is 18.8. The second kappa shape index (κ2) is 11.7. The lowest BCUT2D eigenvalue weighted by molar-refractivity contribution is 0.168. The molecule has 154 valence electrons. The van der Waals surface area contributed by atoms with Gasteiger partial charge in [0.1, 0.15) is 5.17 Å². The number of nitrogens with zero attached hydrogens (tertiary/aromatic N) is 3. The Balaban J connectivity index is 0.000000717. The molecule has 1 N–H and O–H groups in total. The summed E-state index contributed by atoms with van der Waals surface area (Å²) in [6.07, 6.45) is 5.85. The molecule has 0 aromatic heterocycles. The quantitative estimate of drug-likeness (QED) is 0.344. The predicted molar refractivity (Wildman–Crippen MR) is 124 cm³/mol. The number of likely N-dealkylation sites (tertiary alicyclic amines) is 1. The number of benzene rings is 1. The summed E-state index contributed by atoms with van der Waals surface area (Å²) in [6, 6.07) is 10.1. The third-order valence-corrected chi connectivity index (χ3v) is 4.65. The van der Waals surface area contributed by atoms with Crippen LogP contribution < -0.4 is 0 Å². The van der Waals surface area contributed by atoms with E-state index >= 15 is 0 Å². The summed E-state index contributed by atoms with van der Waals surface area (Å²) in [5, 5.41) is 9.24. The maximum absolute atomic E-state index is 8.72. The number of hydrogen-bond acceptors (Lipinski definition) is 2. The van der Waals surface area contributed by atoms with Crippen LogP contribution in [0.25, 0.3) is 5.70 Å². The molecule has 0 saturated carbocycles. The van der Waals surface area contributed by atoms with E-state index in [0.29, 0.717) is 17.7 Å². The van der Waals surface area contributed by atoms with Gasteiger partial charge in [0, 0.05) is 13.1 Å². The lowest BCUT2D eigenvalue weighted by Gasteiger charge is -2.42. The van der Waals surface area contributed by atoms with Gasteiger partial charge in [0.25, 0.3) is 0 Å². The van der Waals surface area contributed by atoms with Crippen LogP contribution in [0.1, 0.15) is 53.0 Å². The van der Waals surface area contributed by atoms with Crippen molar-refractivity contribution in [2.24, 2.45) is 10.4 Å². The molecule has 0 spiro atoms. The minimum atomic E-state index is 0.245. The first-order valence-corrected chi connectivity index (χ1v) is 10.4. The number of halogens is 1. The predicted octanol–water partition coefficient (Wildman–Crippen LogP) is 6.21. The molecule has 0 bridgehead atoms. The summed E-state index contributed by atoms with van der Waals surface area (Å²) in [5.74, 6) is 0.515. The fraction of sp³-hybridized carbons (Fsp3) is 0.478. The average molecular weight is 403 g/mol. The van der Waals surface area contributed by atoms with Gasteiger partial charge < -0.3 is 9.80 Å². The highest BCUT2D eigenvalue weighted by atomic mass is 35.5. The fourth-order valence-corrected chi connectivity index (χ4v) is 3.43. The molecule has 3 rings (SSSR count). The smallest absolute Gasteiger partial charge is 0.198 e. The van der Waals surface area contributed by atoms with Crippen molar-refractivity contribution >= 4 is 28.4 Å². The molecule has 2 aliphatic rings. The molecule has 1 fully saturated rings. The fourth-order valence-electron chi connectivity index (χ4n) is 3.26. The Morgan fingerprint density at radius 2 is 1.86 bits per heavy atom. The zero-order chi connectivity index (χ0) is 21.2. The summed E-state index contributed by atoms with van der Waals surface area (Å²) in [5.41, 5.74) is 2.24. The minimum absolute atomic E-state index is 0.245. The normalized spacial score (nSPS) is 17.8. The van der Waals surface area contributed by atoms with Gasteiger partial charge in [0.15, 0.2) is 5.96 Å². The van der Waals surface area contributed by atoms with Crippen molar-refractivity contribution in [2.75, 3.05) is 19.6 Å². The van der Waals surface area contributed by atoms with Gasteiger partial charge in [-0.1, -0.05) is 75.7 Å². The first-order valence-electron chi connectivity index (χ1n) is 10.0. The van der Waals surface area contributed by atoms with E-state index in [9.17, 15) is 0 Å². The molecular formula is C23H35ClN4. The summed E-state index contributed by atoms with van der Waals surface area (Å²) in [6.45, 7) is 16.1. The van der Waals surface area contributed by atoms with E-state index in [0.717, 1.165) is 30.8 Å². The van der Waals surface area contributed by atoms with Gasteiger partial charge in [0.05, 0.1) is 18.4 Å². The largest absolute Gasteiger partial charge is 0.342 e. The van der Waals surface area contributed by atoms with E-state index < -0.39 is 0 Å². The van der Waals surface area contributed by atoms with Crippen LogP contribution in [0.4, 0.5) is 0 Å². The Bertz CT molecular complexity index is 692. The Hall–Kier alpha value is -2.07. The van der Waals surface area contributed by atoms with Crippen LogP contribution in [-0.2, 0) is 0 Å². The zero-order valence-electron chi connectivity index (χ0n) is 18.0. The molecular weight excluding hydrogens is 368 g/mol. The monoisotopic (exact) mass is 402 g/mol. The first-order chi connectivity index (χ1) is 13.4. The Kier molecular flexibility index (Phi) is 10.0. The molecule has 1 aromatic rings. The van der Waals surface area contributed by atoms with Crippen LogP contribution in [0.2, 0.25) is 0 Å². The van der Waals surface area contributed by atoms with Gasteiger partial charge in [-0.3, -0.25) is 5.41 Å². The van der Waals surface area contributed by atoms with Crippen LogP contribution in [0.3, 0.4) is 0 Å². The van der Waals surface area contributed by atoms with Gasteiger partial charge in [0.2, 0.25) is 0 Å². The third kappa shape index (κ3) is 6.83. The van der Waals surface area contributed by atoms with Crippen molar-refractivity contribution in [2.45, 2.75) is 47.5 Å². The molecule has 1 saturated heterocycles. The number of hydrogen-bond donors (Lipinski definition) is 1. The van der Waals surface area contributed by atoms with E-state index in [1.54, 1.807) is 12.3 Å². The SMILES string of the molecule is C=CC.CC.CC1(C)CCCN(C(=N)N2CC(Cl)=NC=C2c2ccccc2)C1. The molecule has 5 heteroatoms. The number of piperidine rings is 1. The van der Waals surface area contributed by atoms with E-state index in [1.807, 2.05) is 56.0 Å². The van der Waals surface area contributed by atoms with Gasteiger partial charge in [-0.25, -0.2) is 4.99 Å². The number of allylic oxidation sites excluding steroid dienone is 1. The highest BCUT2D eigenvalue weighted by molar-refractivity contribution is 6.66. The highest BCUT2D eigenvalue weighted by Gasteiger charge is 2.31. The van der Waals surface area contributed by atoms with Crippen LogP contribution >= 0.6 is 11.6 Å². The van der Waals surface area contributed by atoms with Crippen LogP contribution in [0.5, 0.6) is 0 Å². The van der Waals surface area contributed by atoms with Crippen LogP contribution in [-0.4, -0.2) is 40.6 Å².